The maximum Gasteiger partial charge on any atom is 0.00660 e. The first kappa shape index (κ1) is 12.3. The van der Waals surface area contributed by atoms with E-state index in [-0.39, 0.29) is 0 Å². The molecule has 0 aromatic rings. The van der Waals surface area contributed by atoms with Crippen LogP contribution in [0.1, 0.15) is 52.4 Å². The first-order valence-electron chi connectivity index (χ1n) is 6.00. The van der Waals surface area contributed by atoms with Crippen molar-refractivity contribution in [3.8, 4) is 0 Å². The van der Waals surface area contributed by atoms with Gasteiger partial charge in [-0.15, -0.1) is 0 Å². The molecule has 0 saturated heterocycles. The van der Waals surface area contributed by atoms with Gasteiger partial charge in [-0.25, -0.2) is 0 Å². The average molecular weight is 259 g/mol. The summed E-state index contributed by atoms with van der Waals surface area (Å²) in [5.74, 6) is 1.92. The lowest BCUT2D eigenvalue weighted by atomic mass is 9.78. The van der Waals surface area contributed by atoms with E-state index in [1.165, 1.54) is 38.5 Å². The Morgan fingerprint density at radius 3 is 2.43 bits per heavy atom. The lowest BCUT2D eigenvalue weighted by molar-refractivity contribution is 0.295. The number of hydrogen-bond donors (Lipinski definition) is 0. The molecule has 1 rings (SSSR count). The SMILES string of the molecule is CCC1CCC(C(C)=CCCBr)CC1. The van der Waals surface area contributed by atoms with Crippen LogP contribution in [0.15, 0.2) is 11.6 Å². The van der Waals surface area contributed by atoms with Crippen molar-refractivity contribution in [3.05, 3.63) is 11.6 Å². The summed E-state index contributed by atoms with van der Waals surface area (Å²) in [6.07, 6.45) is 10.8. The Hall–Kier alpha value is 0.220. The number of alkyl halides is 1. The van der Waals surface area contributed by atoms with E-state index in [0.29, 0.717) is 0 Å². The van der Waals surface area contributed by atoms with Crippen LogP contribution in [0.3, 0.4) is 0 Å². The molecule has 0 atom stereocenters. The molecule has 1 fully saturated rings. The molecule has 0 aromatic carbocycles. The molecule has 0 aromatic heterocycles. The third-order valence-electron chi connectivity index (χ3n) is 3.64. The predicted molar refractivity (Wildman–Crippen MR) is 67.9 cm³/mol. The topological polar surface area (TPSA) is 0 Å². The Labute approximate surface area is 97.3 Å². The van der Waals surface area contributed by atoms with Crippen LogP contribution in [0.2, 0.25) is 0 Å². The first-order valence-corrected chi connectivity index (χ1v) is 7.12. The Morgan fingerprint density at radius 1 is 1.29 bits per heavy atom. The van der Waals surface area contributed by atoms with Crippen molar-refractivity contribution < 1.29 is 0 Å². The highest BCUT2D eigenvalue weighted by molar-refractivity contribution is 9.09. The molecule has 0 radical (unpaired) electrons. The molecule has 82 valence electrons. The highest BCUT2D eigenvalue weighted by Gasteiger charge is 2.20. The molecule has 1 heteroatoms. The Morgan fingerprint density at radius 2 is 1.93 bits per heavy atom. The lowest BCUT2D eigenvalue weighted by Gasteiger charge is -2.28. The summed E-state index contributed by atoms with van der Waals surface area (Å²) in [7, 11) is 0. The molecular weight excluding hydrogens is 236 g/mol. The molecule has 1 saturated carbocycles. The first-order chi connectivity index (χ1) is 6.77. The molecule has 0 heterocycles. The summed E-state index contributed by atoms with van der Waals surface area (Å²) in [6, 6.07) is 0. The van der Waals surface area contributed by atoms with Crippen LogP contribution in [-0.4, -0.2) is 5.33 Å². The molecule has 1 aliphatic carbocycles. The monoisotopic (exact) mass is 258 g/mol. The number of rotatable bonds is 4. The van der Waals surface area contributed by atoms with Gasteiger partial charge in [0.1, 0.15) is 0 Å². The maximum absolute atomic E-state index is 3.48. The van der Waals surface area contributed by atoms with Gasteiger partial charge in [0, 0.05) is 5.33 Å². The van der Waals surface area contributed by atoms with Crippen LogP contribution in [0.4, 0.5) is 0 Å². The third-order valence-corrected chi connectivity index (χ3v) is 4.10. The largest absolute Gasteiger partial charge is 0.0925 e. The van der Waals surface area contributed by atoms with Crippen molar-refractivity contribution in [2.75, 3.05) is 5.33 Å². The van der Waals surface area contributed by atoms with Gasteiger partial charge >= 0.3 is 0 Å². The van der Waals surface area contributed by atoms with Gasteiger partial charge < -0.3 is 0 Å². The summed E-state index contributed by atoms with van der Waals surface area (Å²) in [5.41, 5.74) is 1.64. The zero-order valence-electron chi connectivity index (χ0n) is 9.56. The zero-order chi connectivity index (χ0) is 10.4. The molecule has 14 heavy (non-hydrogen) atoms. The van der Waals surface area contributed by atoms with Gasteiger partial charge in [0.15, 0.2) is 0 Å². The van der Waals surface area contributed by atoms with Gasteiger partial charge in [0.2, 0.25) is 0 Å². The van der Waals surface area contributed by atoms with Crippen molar-refractivity contribution in [1.29, 1.82) is 0 Å². The normalized spacial score (nSPS) is 29.2. The standard InChI is InChI=1S/C13H23Br/c1-3-12-6-8-13(9-7-12)11(2)5-4-10-14/h5,12-13H,3-4,6-10H2,1-2H3. The number of halogens is 1. The minimum Gasteiger partial charge on any atom is -0.0925 e. The van der Waals surface area contributed by atoms with Crippen LogP contribution in [0.25, 0.3) is 0 Å². The lowest BCUT2D eigenvalue weighted by Crippen LogP contribution is -2.14. The minimum atomic E-state index is 0.900. The third kappa shape index (κ3) is 3.76. The Kier molecular flexibility index (Phi) is 5.84. The van der Waals surface area contributed by atoms with E-state index >= 15 is 0 Å². The quantitative estimate of drug-likeness (QED) is 0.496. The van der Waals surface area contributed by atoms with Gasteiger partial charge in [0.05, 0.1) is 0 Å². The van der Waals surface area contributed by atoms with Gasteiger partial charge in [-0.05, 0) is 50.9 Å². The van der Waals surface area contributed by atoms with E-state index in [2.05, 4.69) is 35.9 Å². The smallest absolute Gasteiger partial charge is 0.00660 e. The molecule has 0 bridgehead atoms. The summed E-state index contributed by atoms with van der Waals surface area (Å²) in [4.78, 5) is 0. The van der Waals surface area contributed by atoms with E-state index in [4.69, 9.17) is 0 Å². The fraction of sp³-hybridized carbons (Fsp3) is 0.846. The zero-order valence-corrected chi connectivity index (χ0v) is 11.1. The van der Waals surface area contributed by atoms with Gasteiger partial charge in [0.25, 0.3) is 0 Å². The molecule has 0 aliphatic heterocycles. The molecule has 0 unspecified atom stereocenters. The van der Waals surface area contributed by atoms with Crippen molar-refractivity contribution in [3.63, 3.8) is 0 Å². The van der Waals surface area contributed by atoms with E-state index < -0.39 is 0 Å². The van der Waals surface area contributed by atoms with E-state index in [1.807, 2.05) is 0 Å². The summed E-state index contributed by atoms with van der Waals surface area (Å²) < 4.78 is 0. The highest BCUT2D eigenvalue weighted by atomic mass is 79.9. The van der Waals surface area contributed by atoms with Crippen LogP contribution in [0, 0.1) is 11.8 Å². The molecule has 0 spiro atoms. The van der Waals surface area contributed by atoms with E-state index in [9.17, 15) is 0 Å². The van der Waals surface area contributed by atoms with Crippen LogP contribution in [-0.2, 0) is 0 Å². The van der Waals surface area contributed by atoms with Gasteiger partial charge in [-0.2, -0.15) is 0 Å². The van der Waals surface area contributed by atoms with E-state index in [1.54, 1.807) is 5.57 Å². The summed E-state index contributed by atoms with van der Waals surface area (Å²) in [5, 5.41) is 1.11. The second-order valence-corrected chi connectivity index (χ2v) is 5.34. The second kappa shape index (κ2) is 6.66. The number of hydrogen-bond acceptors (Lipinski definition) is 0. The molecule has 0 amide bonds. The van der Waals surface area contributed by atoms with Crippen molar-refractivity contribution >= 4 is 15.9 Å². The van der Waals surface area contributed by atoms with E-state index in [0.717, 1.165) is 17.2 Å². The van der Waals surface area contributed by atoms with Gasteiger partial charge in [-0.3, -0.25) is 0 Å². The molecular formula is C13H23Br. The Bertz CT molecular complexity index is 176. The predicted octanol–water partition coefficient (Wildman–Crippen LogP) is 4.93. The molecule has 1 aliphatic rings. The fourth-order valence-electron chi connectivity index (χ4n) is 2.47. The maximum atomic E-state index is 3.48. The fourth-order valence-corrected chi connectivity index (χ4v) is 2.70. The van der Waals surface area contributed by atoms with Gasteiger partial charge in [-0.1, -0.05) is 40.9 Å². The van der Waals surface area contributed by atoms with Crippen LogP contribution in [0.5, 0.6) is 0 Å². The second-order valence-electron chi connectivity index (χ2n) is 4.55. The molecule has 0 nitrogen and oxygen atoms in total. The minimum absolute atomic E-state index is 0.900. The molecule has 0 N–H and O–H groups in total. The van der Waals surface area contributed by atoms with Crippen LogP contribution >= 0.6 is 15.9 Å². The van der Waals surface area contributed by atoms with Crippen molar-refractivity contribution in [2.45, 2.75) is 52.4 Å². The van der Waals surface area contributed by atoms with Crippen molar-refractivity contribution in [1.82, 2.24) is 0 Å². The summed E-state index contributed by atoms with van der Waals surface area (Å²) >= 11 is 3.48. The van der Waals surface area contributed by atoms with Crippen molar-refractivity contribution in [2.24, 2.45) is 11.8 Å². The number of allylic oxidation sites excluding steroid dienone is 2. The van der Waals surface area contributed by atoms with Crippen LogP contribution < -0.4 is 0 Å². The Balaban J connectivity index is 2.33. The average Bonchev–Trinajstić information content (AvgIpc) is 2.26. The highest BCUT2D eigenvalue weighted by Crippen LogP contribution is 2.34. The summed E-state index contributed by atoms with van der Waals surface area (Å²) in [6.45, 7) is 4.65.